The largest absolute Gasteiger partial charge is 0.0652 e. The SMILES string of the molecule is CC(C)CCC1=Cc2c(cccc2-c2ccc3ccccc3c2)C1. The molecule has 24 heavy (non-hydrogen) atoms. The van der Waals surface area contributed by atoms with E-state index in [-0.39, 0.29) is 0 Å². The van der Waals surface area contributed by atoms with Gasteiger partial charge in [0.2, 0.25) is 0 Å². The summed E-state index contributed by atoms with van der Waals surface area (Å²) < 4.78 is 0. The number of benzene rings is 3. The first-order valence-corrected chi connectivity index (χ1v) is 9.01. The van der Waals surface area contributed by atoms with E-state index in [2.05, 4.69) is 80.6 Å². The highest BCUT2D eigenvalue weighted by molar-refractivity contribution is 5.90. The van der Waals surface area contributed by atoms with Gasteiger partial charge in [-0.05, 0) is 64.3 Å². The number of rotatable bonds is 4. The Balaban J connectivity index is 1.73. The Labute approximate surface area is 144 Å². The van der Waals surface area contributed by atoms with Crippen molar-refractivity contribution in [1.82, 2.24) is 0 Å². The maximum atomic E-state index is 2.45. The van der Waals surface area contributed by atoms with E-state index in [9.17, 15) is 0 Å². The minimum absolute atomic E-state index is 0.773. The molecule has 0 N–H and O–H groups in total. The highest BCUT2D eigenvalue weighted by atomic mass is 14.2. The quantitative estimate of drug-likeness (QED) is 0.492. The summed E-state index contributed by atoms with van der Waals surface area (Å²) in [6, 6.07) is 22.2. The van der Waals surface area contributed by atoms with Crippen molar-refractivity contribution >= 4 is 16.8 Å². The molecule has 0 radical (unpaired) electrons. The van der Waals surface area contributed by atoms with E-state index in [1.54, 1.807) is 5.57 Å². The summed E-state index contributed by atoms with van der Waals surface area (Å²) in [7, 11) is 0. The zero-order valence-electron chi connectivity index (χ0n) is 14.5. The van der Waals surface area contributed by atoms with Crippen molar-refractivity contribution in [2.24, 2.45) is 5.92 Å². The number of fused-ring (bicyclic) bond motifs is 2. The zero-order chi connectivity index (χ0) is 16.5. The topological polar surface area (TPSA) is 0 Å². The normalized spacial score (nSPS) is 13.4. The standard InChI is InChI=1S/C24H24/c1-17(2)10-11-18-14-21-8-5-9-23(24(21)15-18)22-13-12-19-6-3-4-7-20(19)16-22/h3-9,12-13,15-17H,10-11,14H2,1-2H3. The molecule has 0 aromatic heterocycles. The van der Waals surface area contributed by atoms with Crippen LogP contribution < -0.4 is 0 Å². The molecule has 1 aliphatic rings. The fraction of sp³-hybridized carbons (Fsp3) is 0.250. The third-order valence-electron chi connectivity index (χ3n) is 5.07. The summed E-state index contributed by atoms with van der Waals surface area (Å²) in [5.41, 5.74) is 7.21. The van der Waals surface area contributed by atoms with Gasteiger partial charge in [-0.2, -0.15) is 0 Å². The van der Waals surface area contributed by atoms with Gasteiger partial charge in [-0.3, -0.25) is 0 Å². The van der Waals surface area contributed by atoms with E-state index < -0.39 is 0 Å². The van der Waals surface area contributed by atoms with Gasteiger partial charge in [-0.15, -0.1) is 0 Å². The Kier molecular flexibility index (Phi) is 3.98. The summed E-state index contributed by atoms with van der Waals surface area (Å²) in [6.45, 7) is 4.62. The third-order valence-corrected chi connectivity index (χ3v) is 5.07. The van der Waals surface area contributed by atoms with Crippen molar-refractivity contribution in [3.63, 3.8) is 0 Å². The Morgan fingerprint density at radius 1 is 0.875 bits per heavy atom. The molecule has 120 valence electrons. The predicted octanol–water partition coefficient (Wildman–Crippen LogP) is 6.88. The summed E-state index contributed by atoms with van der Waals surface area (Å²) in [5, 5.41) is 2.62. The van der Waals surface area contributed by atoms with Crippen LogP contribution in [0.25, 0.3) is 28.0 Å². The van der Waals surface area contributed by atoms with Crippen molar-refractivity contribution in [3.8, 4) is 11.1 Å². The average Bonchev–Trinajstić information content (AvgIpc) is 3.02. The van der Waals surface area contributed by atoms with Gasteiger partial charge in [0.15, 0.2) is 0 Å². The molecule has 0 atom stereocenters. The van der Waals surface area contributed by atoms with Gasteiger partial charge in [0.05, 0.1) is 0 Å². The van der Waals surface area contributed by atoms with Crippen molar-refractivity contribution in [2.45, 2.75) is 33.1 Å². The van der Waals surface area contributed by atoms with Crippen molar-refractivity contribution in [1.29, 1.82) is 0 Å². The van der Waals surface area contributed by atoms with Crippen LogP contribution in [0.4, 0.5) is 0 Å². The summed E-state index contributed by atoms with van der Waals surface area (Å²) >= 11 is 0. The average molecular weight is 312 g/mol. The van der Waals surface area contributed by atoms with E-state index in [4.69, 9.17) is 0 Å². The summed E-state index contributed by atoms with van der Waals surface area (Å²) in [5.74, 6) is 0.773. The highest BCUT2D eigenvalue weighted by Crippen LogP contribution is 2.36. The third kappa shape index (κ3) is 2.89. The van der Waals surface area contributed by atoms with Crippen LogP contribution in [0.15, 0.2) is 66.2 Å². The highest BCUT2D eigenvalue weighted by Gasteiger charge is 2.16. The van der Waals surface area contributed by atoms with Crippen LogP contribution in [0.3, 0.4) is 0 Å². The molecule has 0 amide bonds. The first kappa shape index (κ1) is 15.2. The first-order chi connectivity index (χ1) is 11.7. The molecule has 0 bridgehead atoms. The number of hydrogen-bond donors (Lipinski definition) is 0. The number of hydrogen-bond acceptors (Lipinski definition) is 0. The summed E-state index contributed by atoms with van der Waals surface area (Å²) in [4.78, 5) is 0. The molecular formula is C24H24. The Morgan fingerprint density at radius 2 is 1.71 bits per heavy atom. The van der Waals surface area contributed by atoms with Crippen LogP contribution in [0.2, 0.25) is 0 Å². The lowest BCUT2D eigenvalue weighted by molar-refractivity contribution is 0.583. The van der Waals surface area contributed by atoms with Gasteiger partial charge in [0, 0.05) is 0 Å². The minimum Gasteiger partial charge on any atom is -0.0652 e. The zero-order valence-corrected chi connectivity index (χ0v) is 14.5. The van der Waals surface area contributed by atoms with Crippen LogP contribution in [-0.2, 0) is 6.42 Å². The summed E-state index contributed by atoms with van der Waals surface area (Å²) in [6.07, 6.45) is 6.08. The van der Waals surface area contributed by atoms with Crippen molar-refractivity contribution < 1.29 is 0 Å². The lowest BCUT2D eigenvalue weighted by Crippen LogP contribution is -1.90. The molecule has 0 fully saturated rings. The molecule has 0 heterocycles. The van der Waals surface area contributed by atoms with E-state index >= 15 is 0 Å². The van der Waals surface area contributed by atoms with Crippen LogP contribution in [0.1, 0.15) is 37.8 Å². The lowest BCUT2D eigenvalue weighted by Gasteiger charge is -2.09. The Bertz CT molecular complexity index is 912. The van der Waals surface area contributed by atoms with Gasteiger partial charge in [-0.25, -0.2) is 0 Å². The molecular weight excluding hydrogens is 288 g/mol. The molecule has 0 unspecified atom stereocenters. The van der Waals surface area contributed by atoms with Gasteiger partial charge in [-0.1, -0.05) is 80.1 Å². The number of allylic oxidation sites excluding steroid dienone is 1. The maximum Gasteiger partial charge on any atom is -0.00576 e. The van der Waals surface area contributed by atoms with Gasteiger partial charge < -0.3 is 0 Å². The van der Waals surface area contributed by atoms with E-state index in [1.807, 2.05) is 0 Å². The molecule has 0 spiro atoms. The molecule has 4 rings (SSSR count). The smallest absolute Gasteiger partial charge is 0.00576 e. The fourth-order valence-electron chi connectivity index (χ4n) is 3.68. The second kappa shape index (κ2) is 6.28. The molecule has 3 aromatic carbocycles. The molecule has 0 saturated carbocycles. The van der Waals surface area contributed by atoms with Gasteiger partial charge in [0.25, 0.3) is 0 Å². The van der Waals surface area contributed by atoms with E-state index in [1.165, 1.54) is 45.9 Å². The van der Waals surface area contributed by atoms with Gasteiger partial charge in [0.1, 0.15) is 0 Å². The molecule has 0 saturated heterocycles. The Hall–Kier alpha value is -2.34. The van der Waals surface area contributed by atoms with Crippen LogP contribution in [0, 0.1) is 5.92 Å². The second-order valence-electron chi connectivity index (χ2n) is 7.35. The van der Waals surface area contributed by atoms with Gasteiger partial charge >= 0.3 is 0 Å². The van der Waals surface area contributed by atoms with Crippen LogP contribution in [0.5, 0.6) is 0 Å². The monoisotopic (exact) mass is 312 g/mol. The lowest BCUT2D eigenvalue weighted by atomic mass is 9.95. The molecule has 3 aromatic rings. The second-order valence-corrected chi connectivity index (χ2v) is 7.35. The Morgan fingerprint density at radius 3 is 2.54 bits per heavy atom. The fourth-order valence-corrected chi connectivity index (χ4v) is 3.68. The molecule has 0 nitrogen and oxygen atoms in total. The van der Waals surface area contributed by atoms with Crippen molar-refractivity contribution in [3.05, 3.63) is 77.4 Å². The van der Waals surface area contributed by atoms with E-state index in [0.29, 0.717) is 0 Å². The maximum absolute atomic E-state index is 2.45. The minimum atomic E-state index is 0.773. The first-order valence-electron chi connectivity index (χ1n) is 9.01. The molecule has 0 aliphatic heterocycles. The molecule has 1 aliphatic carbocycles. The predicted molar refractivity (Wildman–Crippen MR) is 105 cm³/mol. The van der Waals surface area contributed by atoms with Crippen LogP contribution >= 0.6 is 0 Å². The van der Waals surface area contributed by atoms with Crippen LogP contribution in [-0.4, -0.2) is 0 Å². The van der Waals surface area contributed by atoms with E-state index in [0.717, 1.165) is 12.3 Å². The molecule has 0 heteroatoms. The van der Waals surface area contributed by atoms with Crippen molar-refractivity contribution in [2.75, 3.05) is 0 Å².